The monoisotopic (exact) mass is 334 g/mol. The van der Waals surface area contributed by atoms with Crippen molar-refractivity contribution in [1.29, 1.82) is 0 Å². The summed E-state index contributed by atoms with van der Waals surface area (Å²) in [6.07, 6.45) is 0. The van der Waals surface area contributed by atoms with Crippen LogP contribution in [0.15, 0.2) is 66.7 Å². The lowest BCUT2D eigenvalue weighted by Gasteiger charge is -2.22. The van der Waals surface area contributed by atoms with Gasteiger partial charge >= 0.3 is 6.03 Å². The van der Waals surface area contributed by atoms with Gasteiger partial charge in [-0.1, -0.05) is 48.5 Å². The molecule has 0 aliphatic heterocycles. The van der Waals surface area contributed by atoms with E-state index in [1.807, 2.05) is 71.4 Å². The van der Waals surface area contributed by atoms with E-state index in [0.29, 0.717) is 5.82 Å². The van der Waals surface area contributed by atoms with E-state index >= 15 is 0 Å². The largest absolute Gasteiger partial charge is 0.324 e. The van der Waals surface area contributed by atoms with Crippen molar-refractivity contribution in [3.63, 3.8) is 0 Å². The van der Waals surface area contributed by atoms with Crippen LogP contribution in [0.25, 0.3) is 11.3 Å². The van der Waals surface area contributed by atoms with Gasteiger partial charge in [-0.3, -0.25) is 5.32 Å². The number of anilines is 2. The average molecular weight is 334 g/mol. The van der Waals surface area contributed by atoms with E-state index in [-0.39, 0.29) is 11.6 Å². The summed E-state index contributed by atoms with van der Waals surface area (Å²) >= 11 is 0. The van der Waals surface area contributed by atoms with Gasteiger partial charge in [-0.05, 0) is 32.9 Å². The van der Waals surface area contributed by atoms with Crippen LogP contribution in [0.1, 0.15) is 20.8 Å². The first-order chi connectivity index (χ1) is 11.9. The van der Waals surface area contributed by atoms with Crippen LogP contribution in [0.5, 0.6) is 0 Å². The molecule has 0 atom stereocenters. The van der Waals surface area contributed by atoms with E-state index in [2.05, 4.69) is 36.5 Å². The molecule has 0 saturated carbocycles. The molecule has 0 radical (unpaired) electrons. The maximum absolute atomic E-state index is 12.3. The van der Waals surface area contributed by atoms with Crippen molar-refractivity contribution in [1.82, 2.24) is 9.78 Å². The van der Waals surface area contributed by atoms with Crippen molar-refractivity contribution < 1.29 is 4.79 Å². The quantitative estimate of drug-likeness (QED) is 0.712. The molecule has 0 aliphatic rings. The van der Waals surface area contributed by atoms with E-state index in [0.717, 1.165) is 16.9 Å². The lowest BCUT2D eigenvalue weighted by Crippen LogP contribution is -2.28. The van der Waals surface area contributed by atoms with Crippen LogP contribution < -0.4 is 10.6 Å². The van der Waals surface area contributed by atoms with Crippen molar-refractivity contribution in [2.24, 2.45) is 0 Å². The number of carbonyl (C=O) groups is 1. The molecule has 0 aliphatic carbocycles. The van der Waals surface area contributed by atoms with E-state index in [1.54, 1.807) is 0 Å². The summed E-state index contributed by atoms with van der Waals surface area (Å²) in [6, 6.07) is 20.9. The first-order valence-electron chi connectivity index (χ1n) is 8.22. The number of nitrogens with one attached hydrogen (secondary N) is 2. The number of urea groups is 1. The molecule has 0 fully saturated rings. The van der Waals surface area contributed by atoms with Gasteiger partial charge in [0, 0.05) is 17.3 Å². The number of hydrogen-bond acceptors (Lipinski definition) is 2. The number of amides is 2. The summed E-state index contributed by atoms with van der Waals surface area (Å²) in [6.45, 7) is 6.15. The minimum atomic E-state index is -0.295. The van der Waals surface area contributed by atoms with Gasteiger partial charge in [0.25, 0.3) is 0 Å². The Morgan fingerprint density at radius 2 is 1.52 bits per heavy atom. The second-order valence-electron chi connectivity index (χ2n) is 6.81. The zero-order valence-corrected chi connectivity index (χ0v) is 14.7. The number of para-hydroxylation sites is 1. The van der Waals surface area contributed by atoms with Gasteiger partial charge in [-0.25, -0.2) is 9.48 Å². The van der Waals surface area contributed by atoms with Gasteiger partial charge in [-0.2, -0.15) is 5.10 Å². The fourth-order valence-electron chi connectivity index (χ4n) is 2.53. The highest BCUT2D eigenvalue weighted by atomic mass is 16.2. The normalized spacial score (nSPS) is 11.2. The summed E-state index contributed by atoms with van der Waals surface area (Å²) in [4.78, 5) is 12.3. The molecular formula is C20H22N4O. The number of hydrogen-bond donors (Lipinski definition) is 2. The van der Waals surface area contributed by atoms with E-state index in [4.69, 9.17) is 0 Å². The molecule has 1 heterocycles. The molecule has 3 rings (SSSR count). The minimum absolute atomic E-state index is 0.262. The zero-order valence-electron chi connectivity index (χ0n) is 14.7. The molecule has 128 valence electrons. The maximum atomic E-state index is 12.3. The van der Waals surface area contributed by atoms with Crippen LogP contribution in [-0.2, 0) is 5.54 Å². The molecule has 5 heteroatoms. The smallest absolute Gasteiger partial charge is 0.308 e. The Balaban J connectivity index is 1.87. The Morgan fingerprint density at radius 1 is 0.920 bits per heavy atom. The highest BCUT2D eigenvalue weighted by Gasteiger charge is 2.21. The van der Waals surface area contributed by atoms with Gasteiger partial charge < -0.3 is 5.32 Å². The second kappa shape index (κ2) is 6.81. The number of aromatic nitrogens is 2. The van der Waals surface area contributed by atoms with Gasteiger partial charge in [0.2, 0.25) is 0 Å². The molecule has 3 aromatic rings. The number of carbonyl (C=O) groups excluding carboxylic acids is 1. The van der Waals surface area contributed by atoms with Crippen molar-refractivity contribution >= 4 is 17.5 Å². The Morgan fingerprint density at radius 3 is 2.12 bits per heavy atom. The molecule has 0 spiro atoms. The molecule has 1 aromatic heterocycles. The van der Waals surface area contributed by atoms with Gasteiger partial charge in [0.1, 0.15) is 5.82 Å². The molecule has 0 saturated heterocycles. The highest BCUT2D eigenvalue weighted by Crippen LogP contribution is 2.27. The summed E-state index contributed by atoms with van der Waals surface area (Å²) in [5, 5.41) is 10.4. The third kappa shape index (κ3) is 4.07. The maximum Gasteiger partial charge on any atom is 0.324 e. The molecule has 2 amide bonds. The Labute approximate surface area is 147 Å². The fraction of sp³-hybridized carbons (Fsp3) is 0.200. The molecule has 25 heavy (non-hydrogen) atoms. The molecule has 2 N–H and O–H groups in total. The van der Waals surface area contributed by atoms with Crippen LogP contribution in [0.4, 0.5) is 16.3 Å². The van der Waals surface area contributed by atoms with E-state index < -0.39 is 0 Å². The summed E-state index contributed by atoms with van der Waals surface area (Å²) < 4.78 is 1.83. The third-order valence-corrected chi connectivity index (χ3v) is 3.69. The van der Waals surface area contributed by atoms with Crippen LogP contribution in [0.3, 0.4) is 0 Å². The van der Waals surface area contributed by atoms with Crippen molar-refractivity contribution in [3.05, 3.63) is 66.7 Å². The lowest BCUT2D eigenvalue weighted by molar-refractivity contribution is 0.261. The minimum Gasteiger partial charge on any atom is -0.308 e. The van der Waals surface area contributed by atoms with Crippen LogP contribution >= 0.6 is 0 Å². The molecule has 0 unspecified atom stereocenters. The Kier molecular flexibility index (Phi) is 4.57. The molecular weight excluding hydrogens is 312 g/mol. The first kappa shape index (κ1) is 16.8. The van der Waals surface area contributed by atoms with Crippen LogP contribution in [0.2, 0.25) is 0 Å². The predicted molar refractivity (Wildman–Crippen MR) is 102 cm³/mol. The van der Waals surface area contributed by atoms with Crippen LogP contribution in [0, 0.1) is 0 Å². The van der Waals surface area contributed by atoms with E-state index in [1.165, 1.54) is 0 Å². The fourth-order valence-corrected chi connectivity index (χ4v) is 2.53. The number of nitrogens with zero attached hydrogens (tertiary/aromatic N) is 2. The third-order valence-electron chi connectivity index (χ3n) is 3.69. The highest BCUT2D eigenvalue weighted by molar-refractivity contribution is 5.99. The van der Waals surface area contributed by atoms with E-state index in [9.17, 15) is 4.79 Å². The molecule has 2 aromatic carbocycles. The van der Waals surface area contributed by atoms with Gasteiger partial charge in [0.05, 0.1) is 11.2 Å². The Hall–Kier alpha value is -3.08. The SMILES string of the molecule is CC(C)(C)n1nc(-c2ccccc2)cc1NC(=O)Nc1ccccc1. The molecule has 5 nitrogen and oxygen atoms in total. The van der Waals surface area contributed by atoms with Gasteiger partial charge in [-0.15, -0.1) is 0 Å². The average Bonchev–Trinajstić information content (AvgIpc) is 3.00. The number of rotatable bonds is 3. The zero-order chi connectivity index (χ0) is 17.9. The van der Waals surface area contributed by atoms with Crippen molar-refractivity contribution in [2.45, 2.75) is 26.3 Å². The Bertz CT molecular complexity index is 848. The van der Waals surface area contributed by atoms with Crippen LogP contribution in [-0.4, -0.2) is 15.8 Å². The standard InChI is InChI=1S/C20H22N4O/c1-20(2,3)24-18(14-17(23-24)15-10-6-4-7-11-15)22-19(25)21-16-12-8-5-9-13-16/h4-14H,1-3H3,(H2,21,22,25). The summed E-state index contributed by atoms with van der Waals surface area (Å²) in [5.41, 5.74) is 2.32. The first-order valence-corrected chi connectivity index (χ1v) is 8.22. The summed E-state index contributed by atoms with van der Waals surface area (Å²) in [7, 11) is 0. The van der Waals surface area contributed by atoms with Gasteiger partial charge in [0.15, 0.2) is 0 Å². The second-order valence-corrected chi connectivity index (χ2v) is 6.81. The lowest BCUT2D eigenvalue weighted by atomic mass is 10.1. The number of benzene rings is 2. The topological polar surface area (TPSA) is 59.0 Å². The summed E-state index contributed by atoms with van der Waals surface area (Å²) in [5.74, 6) is 0.653. The van der Waals surface area contributed by atoms with Crippen molar-refractivity contribution in [2.75, 3.05) is 10.6 Å². The predicted octanol–water partition coefficient (Wildman–Crippen LogP) is 4.95. The molecule has 0 bridgehead atoms. The van der Waals surface area contributed by atoms with Crippen molar-refractivity contribution in [3.8, 4) is 11.3 Å².